The zero-order valence-corrected chi connectivity index (χ0v) is 3.31. The van der Waals surface area contributed by atoms with Crippen molar-refractivity contribution < 1.29 is 13.2 Å². The fourth-order valence-corrected chi connectivity index (χ4v) is 0. The summed E-state index contributed by atoms with van der Waals surface area (Å²) in [6.45, 7) is 0. The van der Waals surface area contributed by atoms with Crippen LogP contribution in [-0.2, 0) is 12.4 Å². The van der Waals surface area contributed by atoms with Crippen LogP contribution in [0.15, 0.2) is 4.36 Å². The van der Waals surface area contributed by atoms with E-state index < -0.39 is 6.30 Å². The van der Waals surface area contributed by atoms with Crippen LogP contribution in [0.25, 0.3) is 0 Å². The third kappa shape index (κ3) is 3.81. The molecule has 0 saturated heterocycles. The van der Waals surface area contributed by atoms with E-state index in [1.165, 1.54) is 0 Å². The molecule has 6 heavy (non-hydrogen) atoms. The third-order valence-electron chi connectivity index (χ3n) is 0.104. The lowest BCUT2D eigenvalue weighted by Crippen LogP contribution is -1.98. The second-order valence-corrected chi connectivity index (χ2v) is 0.742. The van der Waals surface area contributed by atoms with Crippen molar-refractivity contribution in [2.24, 2.45) is 4.36 Å². The van der Waals surface area contributed by atoms with Crippen LogP contribution in [0, 0.1) is 0 Å². The molecule has 0 amide bonds. The molecule has 0 saturated carbocycles. The van der Waals surface area contributed by atoms with Crippen molar-refractivity contribution in [2.45, 2.75) is 6.30 Å². The van der Waals surface area contributed by atoms with Crippen LogP contribution in [0.2, 0.25) is 0 Å². The Morgan fingerprint density at radius 1 is 1.33 bits per heavy atom. The monoisotopic (exact) mass is 115 g/mol. The number of hydrogen-bond donors (Lipinski definition) is 0. The molecule has 0 aliphatic heterocycles. The summed E-state index contributed by atoms with van der Waals surface area (Å²) in [5.41, 5.74) is 0. The molecule has 0 rings (SSSR count). The summed E-state index contributed by atoms with van der Waals surface area (Å²) < 4.78 is 33.1. The topological polar surface area (TPSA) is 12.4 Å². The van der Waals surface area contributed by atoms with Gasteiger partial charge in [0.25, 0.3) is 0 Å². The van der Waals surface area contributed by atoms with Crippen molar-refractivity contribution in [3.05, 3.63) is 0 Å². The average molecular weight is 115 g/mol. The highest BCUT2D eigenvalue weighted by atomic mass is 32.1. The lowest BCUT2D eigenvalue weighted by Gasteiger charge is -1.88. The number of alkyl halides is 3. The smallest absolute Gasteiger partial charge is 0.148 e. The first kappa shape index (κ1) is 5.81. The second-order valence-electron chi connectivity index (χ2n) is 0.559. The predicted octanol–water partition coefficient (Wildman–Crippen LogP) is 1.24. The van der Waals surface area contributed by atoms with Gasteiger partial charge < -0.3 is 0 Å². The van der Waals surface area contributed by atoms with Gasteiger partial charge in [-0.15, -0.1) is 17.5 Å². The first-order chi connectivity index (χ1) is 2.56. The molecule has 0 radical (unpaired) electrons. The quantitative estimate of drug-likeness (QED) is 0.432. The Bertz CT molecular complexity index is 56.3. The summed E-state index contributed by atoms with van der Waals surface area (Å²) >= 11 is 3.29. The molecule has 0 aliphatic rings. The van der Waals surface area contributed by atoms with Crippen molar-refractivity contribution in [3.63, 3.8) is 0 Å². The Morgan fingerprint density at radius 2 is 1.50 bits per heavy atom. The van der Waals surface area contributed by atoms with Crippen molar-refractivity contribution in [2.75, 3.05) is 0 Å². The highest BCUT2D eigenvalue weighted by Crippen LogP contribution is 2.13. The zero-order valence-electron chi connectivity index (χ0n) is 2.49. The van der Waals surface area contributed by atoms with Crippen molar-refractivity contribution in [1.29, 1.82) is 0 Å². The van der Waals surface area contributed by atoms with Gasteiger partial charge in [-0.05, 0) is 0 Å². The molecule has 0 fully saturated rings. The van der Waals surface area contributed by atoms with Crippen LogP contribution in [0.5, 0.6) is 0 Å². The minimum Gasteiger partial charge on any atom is -0.148 e. The molecular formula is CF3NS. The summed E-state index contributed by atoms with van der Waals surface area (Å²) in [5, 5.41) is 0. The van der Waals surface area contributed by atoms with E-state index in [0.29, 0.717) is 0 Å². The number of nitrogens with zero attached hydrogens (tertiary/aromatic N) is 1. The molecule has 0 heterocycles. The van der Waals surface area contributed by atoms with E-state index in [0.717, 1.165) is 0 Å². The third-order valence-corrected chi connectivity index (χ3v) is 0.311. The van der Waals surface area contributed by atoms with Gasteiger partial charge in [0.1, 0.15) is 0 Å². The summed E-state index contributed by atoms with van der Waals surface area (Å²) in [6, 6.07) is 0. The van der Waals surface area contributed by atoms with E-state index in [2.05, 4.69) is 12.4 Å². The van der Waals surface area contributed by atoms with Gasteiger partial charge in [-0.3, -0.25) is 0 Å². The lowest BCUT2D eigenvalue weighted by atomic mass is 11.3. The Morgan fingerprint density at radius 3 is 1.50 bits per heavy atom. The van der Waals surface area contributed by atoms with E-state index >= 15 is 0 Å². The van der Waals surface area contributed by atoms with Gasteiger partial charge >= 0.3 is 6.30 Å². The summed E-state index contributed by atoms with van der Waals surface area (Å²) in [4.78, 5) is 0. The summed E-state index contributed by atoms with van der Waals surface area (Å²) in [6.07, 6.45) is -4.52. The van der Waals surface area contributed by atoms with E-state index in [1.54, 1.807) is 4.36 Å². The summed E-state index contributed by atoms with van der Waals surface area (Å²) in [7, 11) is 0. The fraction of sp³-hybridized carbons (Fsp3) is 1.00. The maximum absolute atomic E-state index is 10.5. The van der Waals surface area contributed by atoms with Crippen LogP contribution >= 0.6 is 0 Å². The molecule has 0 N–H and O–H groups in total. The van der Waals surface area contributed by atoms with Gasteiger partial charge in [0, 0.05) is 12.4 Å². The van der Waals surface area contributed by atoms with Crippen LogP contribution < -0.4 is 0 Å². The molecule has 0 bridgehead atoms. The molecule has 0 aromatic rings. The van der Waals surface area contributed by atoms with Crippen LogP contribution in [-0.4, -0.2) is 6.30 Å². The SMILES string of the molecule is FC(F)(F)N=S. The van der Waals surface area contributed by atoms with Crippen molar-refractivity contribution in [3.8, 4) is 0 Å². The second kappa shape index (κ2) is 1.51. The number of rotatable bonds is 0. The zero-order chi connectivity index (χ0) is 5.21. The molecule has 5 heteroatoms. The van der Waals surface area contributed by atoms with E-state index in [-0.39, 0.29) is 0 Å². The van der Waals surface area contributed by atoms with Gasteiger partial charge in [0.2, 0.25) is 0 Å². The van der Waals surface area contributed by atoms with Crippen molar-refractivity contribution in [1.82, 2.24) is 0 Å². The molecule has 0 aromatic heterocycles. The van der Waals surface area contributed by atoms with E-state index in [9.17, 15) is 13.2 Å². The minimum atomic E-state index is -4.52. The molecule has 0 spiro atoms. The highest BCUT2D eigenvalue weighted by Gasteiger charge is 2.24. The maximum atomic E-state index is 10.5. The molecule has 0 unspecified atom stereocenters. The van der Waals surface area contributed by atoms with E-state index in [4.69, 9.17) is 0 Å². The molecule has 0 aromatic carbocycles. The predicted molar refractivity (Wildman–Crippen MR) is 15.8 cm³/mol. The average Bonchev–Trinajstić information content (AvgIpc) is 1.35. The fourth-order valence-electron chi connectivity index (χ4n) is 0. The number of hydrogen-bond acceptors (Lipinski definition) is 2. The maximum Gasteiger partial charge on any atom is 0.514 e. The number of halogens is 3. The molecule has 0 aliphatic carbocycles. The Kier molecular flexibility index (Phi) is 1.46. The molecular weight excluding hydrogens is 115 g/mol. The molecule has 0 atom stereocenters. The van der Waals surface area contributed by atoms with Crippen LogP contribution in [0.1, 0.15) is 0 Å². The first-order valence-electron chi connectivity index (χ1n) is 0.973. The minimum absolute atomic E-state index is 1.60. The molecule has 1 nitrogen and oxygen atoms in total. The lowest BCUT2D eigenvalue weighted by molar-refractivity contribution is -0.117. The molecule has 36 valence electrons. The highest BCUT2D eigenvalue weighted by molar-refractivity contribution is 7.47. The van der Waals surface area contributed by atoms with Gasteiger partial charge in [0.15, 0.2) is 0 Å². The van der Waals surface area contributed by atoms with Gasteiger partial charge in [-0.25, -0.2) is 0 Å². The van der Waals surface area contributed by atoms with Gasteiger partial charge in [-0.2, -0.15) is 0 Å². The van der Waals surface area contributed by atoms with Crippen LogP contribution in [0.3, 0.4) is 0 Å². The standard InChI is InChI=1S/CF3NS/c2-1(3,4)5-6. The first-order valence-corrected chi connectivity index (χ1v) is 1.34. The van der Waals surface area contributed by atoms with Gasteiger partial charge in [0.05, 0.1) is 0 Å². The Hall–Kier alpha value is -0.190. The Labute approximate surface area is 37.3 Å². The van der Waals surface area contributed by atoms with E-state index in [1.807, 2.05) is 0 Å². The van der Waals surface area contributed by atoms with Crippen LogP contribution in [0.4, 0.5) is 13.2 Å². The Balaban J connectivity index is 3.45. The normalized spacial score (nSPS) is 11.2. The summed E-state index contributed by atoms with van der Waals surface area (Å²) in [5.74, 6) is 0. The van der Waals surface area contributed by atoms with Crippen molar-refractivity contribution >= 4 is 12.4 Å². The largest absolute Gasteiger partial charge is 0.514 e. The van der Waals surface area contributed by atoms with Gasteiger partial charge in [-0.1, -0.05) is 0 Å².